The zero-order valence-electron chi connectivity index (χ0n) is 37.0. The number of anilines is 1. The fourth-order valence-corrected chi connectivity index (χ4v) is 6.32. The van der Waals surface area contributed by atoms with E-state index in [2.05, 4.69) is 25.6 Å². The highest BCUT2D eigenvalue weighted by Crippen LogP contribution is 2.35. The number of rotatable bonds is 29. The van der Waals surface area contributed by atoms with Crippen molar-refractivity contribution in [3.63, 3.8) is 0 Å². The summed E-state index contributed by atoms with van der Waals surface area (Å²) in [5.74, 6) is -1.88. The number of ether oxygens (including phenoxy) is 6. The summed E-state index contributed by atoms with van der Waals surface area (Å²) in [6.07, 6.45) is 0.904. The molecule has 1 atom stereocenters. The first-order chi connectivity index (χ1) is 31.3. The monoisotopic (exact) mass is 903 g/mol. The van der Waals surface area contributed by atoms with E-state index >= 15 is 0 Å². The Bertz CT molecular complexity index is 2180. The second kappa shape index (κ2) is 27.7. The molecular formula is C46H58FN7O11. The number of halogens is 1. The van der Waals surface area contributed by atoms with E-state index in [1.54, 1.807) is 32.9 Å². The van der Waals surface area contributed by atoms with Crippen molar-refractivity contribution in [3.05, 3.63) is 101 Å². The number of azide groups is 1. The number of aromatic nitrogens is 1. The van der Waals surface area contributed by atoms with Gasteiger partial charge in [0.2, 0.25) is 11.8 Å². The third kappa shape index (κ3) is 19.1. The predicted molar refractivity (Wildman–Crippen MR) is 240 cm³/mol. The molecule has 0 aliphatic heterocycles. The SMILES string of the molecule is CC(C)(C)OC(=O)N(CCCCC(=O)NCC(=O)N[C@@H](CC(=O)O)c1ccc(-c2ccc(OCCOCCOCCOCCOCCN=[N+]=[N-])c3ccccc23)cc1)c1cc(F)ccn1. The Labute approximate surface area is 377 Å². The number of nitrogens with one attached hydrogen (secondary N) is 2. The quantitative estimate of drug-likeness (QED) is 0.0213. The smallest absolute Gasteiger partial charge is 0.416 e. The number of carboxylic acids is 1. The lowest BCUT2D eigenvalue weighted by atomic mass is 9.95. The molecule has 0 bridgehead atoms. The molecule has 4 aromatic rings. The molecule has 0 aliphatic carbocycles. The maximum absolute atomic E-state index is 13.9. The van der Waals surface area contributed by atoms with Crippen LogP contribution in [0.1, 0.15) is 58.1 Å². The van der Waals surface area contributed by atoms with Crippen LogP contribution in [0.2, 0.25) is 0 Å². The molecule has 3 N–H and O–H groups in total. The van der Waals surface area contributed by atoms with E-state index in [0.29, 0.717) is 90.2 Å². The lowest BCUT2D eigenvalue weighted by molar-refractivity contribution is -0.138. The van der Waals surface area contributed by atoms with Crippen LogP contribution in [0.25, 0.3) is 32.3 Å². The Hall–Kier alpha value is -6.37. The van der Waals surface area contributed by atoms with Crippen LogP contribution in [-0.2, 0) is 38.1 Å². The molecule has 4 rings (SSSR count). The number of carboxylic acid groups (broad SMARTS) is 1. The fourth-order valence-electron chi connectivity index (χ4n) is 6.32. The first kappa shape index (κ1) is 51.3. The van der Waals surface area contributed by atoms with E-state index in [4.69, 9.17) is 34.0 Å². The first-order valence-corrected chi connectivity index (χ1v) is 21.3. The summed E-state index contributed by atoms with van der Waals surface area (Å²) in [5.41, 5.74) is 9.81. The molecule has 350 valence electrons. The van der Waals surface area contributed by atoms with Gasteiger partial charge < -0.3 is 44.2 Å². The Morgan fingerprint density at radius 1 is 0.831 bits per heavy atom. The van der Waals surface area contributed by atoms with Crippen molar-refractivity contribution >= 4 is 40.5 Å². The molecule has 1 heterocycles. The number of unbranched alkanes of at least 4 members (excludes halogenated alkanes) is 1. The van der Waals surface area contributed by atoms with Crippen molar-refractivity contribution in [2.24, 2.45) is 5.11 Å². The molecule has 65 heavy (non-hydrogen) atoms. The topological polar surface area (TPSA) is 233 Å². The minimum absolute atomic E-state index is 0.0407. The summed E-state index contributed by atoms with van der Waals surface area (Å²) in [7, 11) is 0. The Kier molecular flexibility index (Phi) is 21.9. The lowest BCUT2D eigenvalue weighted by Crippen LogP contribution is -2.39. The van der Waals surface area contributed by atoms with Crippen molar-refractivity contribution in [3.8, 4) is 16.9 Å². The van der Waals surface area contributed by atoms with E-state index in [1.807, 2.05) is 48.5 Å². The molecule has 0 unspecified atom stereocenters. The van der Waals surface area contributed by atoms with Gasteiger partial charge in [0.05, 0.1) is 71.9 Å². The summed E-state index contributed by atoms with van der Waals surface area (Å²) >= 11 is 0. The molecule has 0 aliphatic rings. The molecule has 0 radical (unpaired) electrons. The highest BCUT2D eigenvalue weighted by molar-refractivity contribution is 6.00. The number of amides is 3. The molecule has 0 saturated carbocycles. The van der Waals surface area contributed by atoms with Crippen LogP contribution < -0.4 is 20.3 Å². The number of pyridine rings is 1. The predicted octanol–water partition coefficient (Wildman–Crippen LogP) is 7.16. The van der Waals surface area contributed by atoms with Gasteiger partial charge in [-0.05, 0) is 73.4 Å². The number of carbonyl (C=O) groups is 4. The number of nitrogens with zero attached hydrogens (tertiary/aromatic N) is 5. The van der Waals surface area contributed by atoms with Gasteiger partial charge in [-0.1, -0.05) is 59.7 Å². The molecule has 19 heteroatoms. The highest BCUT2D eigenvalue weighted by atomic mass is 19.1. The average molecular weight is 904 g/mol. The van der Waals surface area contributed by atoms with Gasteiger partial charge >= 0.3 is 12.1 Å². The van der Waals surface area contributed by atoms with Crippen LogP contribution in [0.3, 0.4) is 0 Å². The number of hydrogen-bond acceptors (Lipinski definition) is 12. The van der Waals surface area contributed by atoms with Crippen LogP contribution in [0, 0.1) is 5.82 Å². The van der Waals surface area contributed by atoms with Gasteiger partial charge in [0.25, 0.3) is 0 Å². The van der Waals surface area contributed by atoms with Crippen molar-refractivity contribution in [1.29, 1.82) is 0 Å². The molecule has 3 aromatic carbocycles. The van der Waals surface area contributed by atoms with Crippen LogP contribution >= 0.6 is 0 Å². The largest absolute Gasteiger partial charge is 0.491 e. The third-order valence-electron chi connectivity index (χ3n) is 9.30. The summed E-state index contributed by atoms with van der Waals surface area (Å²) in [6, 6.07) is 20.4. The maximum Gasteiger partial charge on any atom is 0.416 e. The zero-order chi connectivity index (χ0) is 46.9. The van der Waals surface area contributed by atoms with Crippen LogP contribution in [0.4, 0.5) is 15.0 Å². The summed E-state index contributed by atoms with van der Waals surface area (Å²) in [4.78, 5) is 58.2. The Morgan fingerprint density at radius 2 is 1.48 bits per heavy atom. The zero-order valence-corrected chi connectivity index (χ0v) is 37.0. The number of hydrogen-bond donors (Lipinski definition) is 3. The second-order valence-electron chi connectivity index (χ2n) is 15.4. The fraction of sp³-hybridized carbons (Fsp3) is 0.457. The first-order valence-electron chi connectivity index (χ1n) is 21.3. The van der Waals surface area contributed by atoms with Crippen molar-refractivity contribution in [2.75, 3.05) is 84.0 Å². The van der Waals surface area contributed by atoms with Gasteiger partial charge in [-0.3, -0.25) is 19.3 Å². The Balaban J connectivity index is 1.21. The number of fused-ring (bicyclic) bond motifs is 1. The summed E-state index contributed by atoms with van der Waals surface area (Å²) in [5, 5.41) is 20.2. The molecule has 3 amide bonds. The molecule has 18 nitrogen and oxygen atoms in total. The molecular weight excluding hydrogens is 846 g/mol. The van der Waals surface area contributed by atoms with Gasteiger partial charge in [-0.2, -0.15) is 0 Å². The van der Waals surface area contributed by atoms with Crippen LogP contribution in [0.5, 0.6) is 5.75 Å². The molecule has 1 aromatic heterocycles. The lowest BCUT2D eigenvalue weighted by Gasteiger charge is -2.26. The third-order valence-corrected chi connectivity index (χ3v) is 9.30. The van der Waals surface area contributed by atoms with E-state index < -0.39 is 41.3 Å². The van der Waals surface area contributed by atoms with Crippen LogP contribution in [-0.4, -0.2) is 119 Å². The summed E-state index contributed by atoms with van der Waals surface area (Å²) in [6.45, 7) is 8.70. The van der Waals surface area contributed by atoms with E-state index in [-0.39, 0.29) is 31.7 Å². The van der Waals surface area contributed by atoms with Crippen LogP contribution in [0.15, 0.2) is 84.1 Å². The molecule has 0 saturated heterocycles. The average Bonchev–Trinajstić information content (AvgIpc) is 3.27. The highest BCUT2D eigenvalue weighted by Gasteiger charge is 2.25. The van der Waals surface area contributed by atoms with E-state index in [0.717, 1.165) is 34.0 Å². The van der Waals surface area contributed by atoms with E-state index in [1.165, 1.54) is 11.1 Å². The van der Waals surface area contributed by atoms with Crippen molar-refractivity contribution < 1.29 is 57.1 Å². The number of aliphatic carboxylic acids is 1. The standard InChI is InChI=1S/C46H58FN7O11/c1-46(2,3)65-45(59)54(41-30-35(47)17-18-49-41)20-7-6-10-42(55)50-32-43(56)52-39(31-44(57)58)34-13-11-33(12-14-34)36-15-16-40(38-9-5-4-8-37(36)38)64-29-28-63-27-26-62-25-24-61-23-22-60-21-19-51-53-48/h4-5,8-9,11-18,30,39H,6-7,10,19-29,31-32H2,1-3H3,(H,50,55)(H,52,56)(H,57,58)/t39-/m0/s1. The van der Waals surface area contributed by atoms with Gasteiger partial charge in [0, 0.05) is 42.1 Å². The van der Waals surface area contributed by atoms with E-state index in [9.17, 15) is 28.7 Å². The minimum atomic E-state index is -1.11. The van der Waals surface area contributed by atoms with Gasteiger partial charge in [-0.25, -0.2) is 14.2 Å². The Morgan fingerprint density at radius 3 is 2.11 bits per heavy atom. The molecule has 0 fully saturated rings. The van der Waals surface area contributed by atoms with Gasteiger partial charge in [0.1, 0.15) is 29.6 Å². The normalized spacial score (nSPS) is 11.6. The number of carbonyl (C=O) groups excluding carboxylic acids is 3. The van der Waals surface area contributed by atoms with Crippen molar-refractivity contribution in [1.82, 2.24) is 15.6 Å². The maximum atomic E-state index is 13.9. The number of benzene rings is 3. The minimum Gasteiger partial charge on any atom is -0.491 e. The van der Waals surface area contributed by atoms with Gasteiger partial charge in [-0.15, -0.1) is 0 Å². The second-order valence-corrected chi connectivity index (χ2v) is 15.4. The van der Waals surface area contributed by atoms with Gasteiger partial charge in [0.15, 0.2) is 0 Å². The van der Waals surface area contributed by atoms with Crippen molar-refractivity contribution in [2.45, 2.75) is 58.1 Å². The summed E-state index contributed by atoms with van der Waals surface area (Å²) < 4.78 is 47.3. The molecule has 0 spiro atoms.